The molecule has 0 N–H and O–H groups in total. The Hall–Kier alpha value is 2.15. The van der Waals surface area contributed by atoms with Crippen LogP contribution in [0, 0.1) is 88.9 Å². The number of hydrogen-bond donors (Lipinski definition) is 0. The Bertz CT molecular complexity index is 902. The van der Waals surface area contributed by atoms with Crippen LogP contribution < -0.4 is 0 Å². The van der Waals surface area contributed by atoms with Gasteiger partial charge >= 0.3 is 75.7 Å². The molecule has 6 aliphatic rings. The first-order valence-corrected chi connectivity index (χ1v) is 31.6. The van der Waals surface area contributed by atoms with E-state index in [0.717, 1.165) is 65.1 Å². The van der Waals surface area contributed by atoms with Crippen molar-refractivity contribution in [3.8, 4) is 0 Å². The molecular weight excluding hydrogens is 841 g/mol. The summed E-state index contributed by atoms with van der Waals surface area (Å²) in [7, 11) is 19.7. The number of halogens is 4. The van der Waals surface area contributed by atoms with Gasteiger partial charge in [-0.3, -0.25) is 0 Å². The summed E-state index contributed by atoms with van der Waals surface area (Å²) in [6.45, 7) is 4.96. The summed E-state index contributed by atoms with van der Waals surface area (Å²) >= 11 is -1.65. The summed E-state index contributed by atoms with van der Waals surface area (Å²) in [6, 6.07) is 11.5. The summed E-state index contributed by atoms with van der Waals surface area (Å²) in [5.41, 5.74) is 1.64. The predicted molar refractivity (Wildman–Crippen MR) is 217 cm³/mol. The second-order valence-corrected chi connectivity index (χ2v) is 23.5. The Morgan fingerprint density at radius 2 is 0.898 bits per heavy atom. The third-order valence-electron chi connectivity index (χ3n) is 13.5. The van der Waals surface area contributed by atoms with E-state index in [-0.39, 0.29) is 29.7 Å². The van der Waals surface area contributed by atoms with E-state index in [0.29, 0.717) is 0 Å². The Morgan fingerprint density at radius 3 is 1.35 bits per heavy atom. The van der Waals surface area contributed by atoms with Crippen molar-refractivity contribution in [1.82, 2.24) is 0 Å². The molecule has 49 heavy (non-hydrogen) atoms. The summed E-state index contributed by atoms with van der Waals surface area (Å²) in [5, 5.41) is 0. The molecular formula is C43H74Cl4Zr2. The fourth-order valence-electron chi connectivity index (χ4n) is 11.7. The molecule has 6 aliphatic carbocycles. The fraction of sp³-hybridized carbons (Fsp3) is 0.767. The van der Waals surface area contributed by atoms with Gasteiger partial charge in [0.25, 0.3) is 0 Å². The molecule has 0 nitrogen and oxygen atoms in total. The number of benzene rings is 1. The molecule has 6 fully saturated rings. The Morgan fingerprint density at radius 1 is 0.531 bits per heavy atom. The molecule has 1 aromatic rings. The zero-order chi connectivity index (χ0) is 32.0. The van der Waals surface area contributed by atoms with Crippen molar-refractivity contribution in [2.24, 2.45) is 59.2 Å². The molecule has 0 bridgehead atoms. The van der Waals surface area contributed by atoms with Crippen LogP contribution in [-0.4, -0.2) is 0 Å². The zero-order valence-electron chi connectivity index (χ0n) is 32.4. The number of hydrogen-bond acceptors (Lipinski definition) is 0. The molecule has 7 rings (SSSR count). The number of rotatable bonds is 6. The first-order valence-electron chi connectivity index (χ1n) is 19.0. The molecule has 8 unspecified atom stereocenters. The largest absolute Gasteiger partial charge is 0.0622 e. The van der Waals surface area contributed by atoms with Crippen LogP contribution in [-0.2, 0) is 41.7 Å². The SMILES string of the molecule is CC(C)C1CC(CC2CCCC2)C2CCCCC12.[CH3-].[CH3-].[CH3-].[CH3-].[Cl][Zr+2][Cl].[Cl][Zr+2][Cl].c1ccc(C2CC(CC3CCCC3)C3CCCCC23)cc1. The molecule has 0 radical (unpaired) electrons. The molecule has 6 saturated carbocycles. The molecule has 0 aromatic heterocycles. The molecule has 0 aliphatic heterocycles. The molecule has 8 atom stereocenters. The van der Waals surface area contributed by atoms with E-state index in [2.05, 4.69) is 44.2 Å². The van der Waals surface area contributed by atoms with E-state index in [1.54, 1.807) is 50.5 Å². The standard InChI is InChI=1S/C21H30.C18H32.4CH3.4ClH.2Zr/c1-2-10-17(11-3-1)21-15-18(14-16-8-4-5-9-16)19-12-6-7-13-20(19)21;1-13(2)18-12-15(11-14-7-3-4-8-14)16-9-5-6-10-17(16)18;;;;;;;;;;/h1-3,10-11,16,18-21H,4-9,12-15H2;13-18H,3-12H2,1-2H3;4*1H3;4*1H;;/q;;4*-1;;;;;2*+4/p-4. The van der Waals surface area contributed by atoms with E-state index in [9.17, 15) is 0 Å². The maximum Gasteiger partial charge on any atom is -0.0128 e. The maximum absolute atomic E-state index is 4.93. The maximum atomic E-state index is 4.93. The molecule has 0 saturated heterocycles. The minimum absolute atomic E-state index is 0. The van der Waals surface area contributed by atoms with Crippen molar-refractivity contribution in [1.29, 1.82) is 0 Å². The van der Waals surface area contributed by atoms with Gasteiger partial charge in [-0.25, -0.2) is 0 Å². The van der Waals surface area contributed by atoms with E-state index in [1.807, 2.05) is 0 Å². The van der Waals surface area contributed by atoms with Crippen molar-refractivity contribution in [2.75, 3.05) is 0 Å². The summed E-state index contributed by atoms with van der Waals surface area (Å²) in [6.07, 6.45) is 30.7. The Labute approximate surface area is 345 Å². The smallest absolute Gasteiger partial charge is 0.0128 e. The van der Waals surface area contributed by atoms with Crippen LogP contribution in [0.5, 0.6) is 0 Å². The van der Waals surface area contributed by atoms with Crippen molar-refractivity contribution in [3.05, 3.63) is 65.6 Å². The van der Waals surface area contributed by atoms with Crippen LogP contribution >= 0.6 is 34.1 Å². The van der Waals surface area contributed by atoms with Crippen LogP contribution in [0.4, 0.5) is 0 Å². The van der Waals surface area contributed by atoms with E-state index in [1.165, 1.54) is 83.5 Å². The van der Waals surface area contributed by atoms with Crippen LogP contribution in [0.2, 0.25) is 0 Å². The van der Waals surface area contributed by atoms with Gasteiger partial charge < -0.3 is 29.7 Å². The van der Waals surface area contributed by atoms with E-state index >= 15 is 0 Å². The summed E-state index contributed by atoms with van der Waals surface area (Å²) in [4.78, 5) is 0. The molecule has 282 valence electrons. The molecule has 0 amide bonds. The fourth-order valence-corrected chi connectivity index (χ4v) is 11.7. The van der Waals surface area contributed by atoms with Crippen molar-refractivity contribution in [2.45, 2.75) is 148 Å². The monoisotopic (exact) mass is 910 g/mol. The van der Waals surface area contributed by atoms with Gasteiger partial charge in [0.15, 0.2) is 0 Å². The van der Waals surface area contributed by atoms with Crippen molar-refractivity contribution >= 4 is 34.1 Å². The zero-order valence-corrected chi connectivity index (χ0v) is 40.3. The quantitative estimate of drug-likeness (QED) is 0.250. The second-order valence-electron chi connectivity index (χ2n) is 16.1. The number of fused-ring (bicyclic) bond motifs is 2. The minimum atomic E-state index is -0.826. The van der Waals surface area contributed by atoms with Gasteiger partial charge in [0.2, 0.25) is 0 Å². The summed E-state index contributed by atoms with van der Waals surface area (Å²) < 4.78 is 0. The average molecular weight is 915 g/mol. The average Bonchev–Trinajstić information content (AvgIpc) is 3.88. The molecule has 0 spiro atoms. The van der Waals surface area contributed by atoms with Crippen LogP contribution in [0.25, 0.3) is 0 Å². The molecule has 1 aromatic carbocycles. The Balaban J connectivity index is 0.000000763. The summed E-state index contributed by atoms with van der Waals surface area (Å²) in [5.74, 6) is 11.5. The van der Waals surface area contributed by atoms with E-state index in [4.69, 9.17) is 34.1 Å². The Kier molecular flexibility index (Phi) is 29.8. The normalized spacial score (nSPS) is 31.4. The predicted octanol–water partition coefficient (Wildman–Crippen LogP) is 16.4. The van der Waals surface area contributed by atoms with Gasteiger partial charge in [-0.2, -0.15) is 0 Å². The van der Waals surface area contributed by atoms with Gasteiger partial charge in [0.05, 0.1) is 0 Å². The first kappa shape index (κ1) is 51.1. The van der Waals surface area contributed by atoms with Gasteiger partial charge in [0, 0.05) is 0 Å². The first-order chi connectivity index (χ1) is 22.0. The third-order valence-corrected chi connectivity index (χ3v) is 13.5. The van der Waals surface area contributed by atoms with E-state index < -0.39 is 41.7 Å². The van der Waals surface area contributed by atoms with Gasteiger partial charge in [-0.1, -0.05) is 121 Å². The van der Waals surface area contributed by atoms with Gasteiger partial charge in [0.1, 0.15) is 0 Å². The molecule has 0 heterocycles. The molecule has 6 heteroatoms. The van der Waals surface area contributed by atoms with Crippen molar-refractivity contribution < 1.29 is 41.7 Å². The minimum Gasteiger partial charge on any atom is -0.0622 e. The van der Waals surface area contributed by atoms with Crippen molar-refractivity contribution in [3.63, 3.8) is 0 Å². The van der Waals surface area contributed by atoms with Crippen LogP contribution in [0.15, 0.2) is 30.3 Å². The van der Waals surface area contributed by atoms with Crippen LogP contribution in [0.1, 0.15) is 154 Å². The van der Waals surface area contributed by atoms with Gasteiger partial charge in [-0.15, -0.1) is 0 Å². The van der Waals surface area contributed by atoms with Gasteiger partial charge in [-0.05, 0) is 122 Å². The topological polar surface area (TPSA) is 0 Å². The second kappa shape index (κ2) is 28.5. The van der Waals surface area contributed by atoms with Crippen LogP contribution in [0.3, 0.4) is 0 Å². The third kappa shape index (κ3) is 15.7.